The van der Waals surface area contributed by atoms with Crippen LogP contribution in [-0.4, -0.2) is 47.4 Å². The molecule has 0 aliphatic carbocycles. The van der Waals surface area contributed by atoms with Crippen molar-refractivity contribution < 1.29 is 26.7 Å². The summed E-state index contributed by atoms with van der Waals surface area (Å²) in [7, 11) is -3.72. The van der Waals surface area contributed by atoms with Gasteiger partial charge in [0.1, 0.15) is 11.6 Å². The highest BCUT2D eigenvalue weighted by molar-refractivity contribution is 7.91. The zero-order chi connectivity index (χ0) is 23.2. The fourth-order valence-electron chi connectivity index (χ4n) is 2.85. The maximum absolute atomic E-state index is 14.5. The number of benzene rings is 1. The normalized spacial score (nSPS) is 13.3. The first-order valence-electron chi connectivity index (χ1n) is 9.62. The maximum Gasteiger partial charge on any atom is 0.273 e. The number of alkyl halides is 2. The van der Waals surface area contributed by atoms with E-state index < -0.39 is 34.2 Å². The Balaban J connectivity index is 2.25. The summed E-state index contributed by atoms with van der Waals surface area (Å²) in [5.74, 6) is -4.07. The lowest BCUT2D eigenvalue weighted by molar-refractivity contribution is -0.0135. The molecule has 0 unspecified atom stereocenters. The third-order valence-electron chi connectivity index (χ3n) is 4.20. The Morgan fingerprint density at radius 1 is 1.10 bits per heavy atom. The number of nitrogens with one attached hydrogen (secondary N) is 2. The molecule has 1 heterocycles. The van der Waals surface area contributed by atoms with Gasteiger partial charge in [0.25, 0.3) is 5.92 Å². The van der Waals surface area contributed by atoms with Crippen LogP contribution in [0.25, 0.3) is 0 Å². The Bertz CT molecular complexity index is 972. The summed E-state index contributed by atoms with van der Waals surface area (Å²) in [6.45, 7) is 3.69. The van der Waals surface area contributed by atoms with E-state index in [1.807, 2.05) is 13.8 Å². The fraction of sp³-hybridized carbons (Fsp3) is 0.526. The predicted octanol–water partition coefficient (Wildman–Crippen LogP) is 2.93. The van der Waals surface area contributed by atoms with Crippen molar-refractivity contribution in [2.45, 2.75) is 45.1 Å². The van der Waals surface area contributed by atoms with Crippen LogP contribution in [0.3, 0.4) is 0 Å². The molecule has 1 atom stereocenters. The Hall–Kier alpha value is -2.47. The topological polar surface area (TPSA) is 117 Å². The van der Waals surface area contributed by atoms with Gasteiger partial charge in [0.15, 0.2) is 0 Å². The average molecular weight is 462 g/mol. The number of aliphatic hydroxyl groups is 1. The van der Waals surface area contributed by atoms with Crippen LogP contribution < -0.4 is 10.0 Å². The van der Waals surface area contributed by atoms with E-state index in [0.717, 1.165) is 30.5 Å². The minimum atomic E-state index is -3.72. The van der Waals surface area contributed by atoms with E-state index in [-0.39, 0.29) is 42.2 Å². The number of rotatable bonds is 11. The van der Waals surface area contributed by atoms with Crippen LogP contribution in [-0.2, 0) is 22.4 Å². The van der Waals surface area contributed by atoms with Crippen molar-refractivity contribution >= 4 is 21.9 Å². The van der Waals surface area contributed by atoms with Crippen molar-refractivity contribution in [1.82, 2.24) is 15.0 Å². The number of nitrogens with zero attached hydrogens (tertiary/aromatic N) is 3. The number of aryl methyl sites for hydroxylation is 1. The van der Waals surface area contributed by atoms with Gasteiger partial charge in [-0.2, -0.15) is 15.0 Å². The number of sulfonamides is 1. The van der Waals surface area contributed by atoms with Crippen molar-refractivity contribution in [3.63, 3.8) is 0 Å². The van der Waals surface area contributed by atoms with Crippen LogP contribution in [0.1, 0.15) is 38.1 Å². The van der Waals surface area contributed by atoms with Crippen LogP contribution in [0, 0.1) is 11.7 Å². The standard InChI is InChI=1S/C19H26F3N5O3S/c1-12(2)10-15(11-28)23-17-24-16(25-18(26-17)27-31(3,29)30)8-9-19(21,22)13-4-6-14(20)7-5-13/h4-7,12,15,28H,8-11H2,1-3H3,(H2,23,24,25,26,27)/t15-/m1/s1. The number of hydrogen-bond donors (Lipinski definition) is 3. The van der Waals surface area contributed by atoms with E-state index in [9.17, 15) is 26.7 Å². The molecular weight excluding hydrogens is 435 g/mol. The smallest absolute Gasteiger partial charge is 0.273 e. The van der Waals surface area contributed by atoms with Gasteiger partial charge in [-0.3, -0.25) is 4.72 Å². The van der Waals surface area contributed by atoms with Crippen LogP contribution in [0.4, 0.5) is 25.1 Å². The van der Waals surface area contributed by atoms with E-state index in [0.29, 0.717) is 6.42 Å². The first kappa shape index (κ1) is 24.8. The summed E-state index contributed by atoms with van der Waals surface area (Å²) in [6, 6.07) is 3.49. The number of aliphatic hydroxyl groups excluding tert-OH is 1. The second kappa shape index (κ2) is 10.2. The second-order valence-electron chi connectivity index (χ2n) is 7.64. The molecule has 31 heavy (non-hydrogen) atoms. The summed E-state index contributed by atoms with van der Waals surface area (Å²) in [6.07, 6.45) is 0.500. The van der Waals surface area contributed by atoms with Crippen LogP contribution in [0.2, 0.25) is 0 Å². The van der Waals surface area contributed by atoms with Gasteiger partial charge in [-0.1, -0.05) is 26.0 Å². The van der Waals surface area contributed by atoms with Crippen LogP contribution in [0.5, 0.6) is 0 Å². The maximum atomic E-state index is 14.5. The number of hydrogen-bond acceptors (Lipinski definition) is 7. The van der Waals surface area contributed by atoms with Gasteiger partial charge in [-0.15, -0.1) is 0 Å². The molecule has 2 aromatic rings. The summed E-state index contributed by atoms with van der Waals surface area (Å²) >= 11 is 0. The van der Waals surface area contributed by atoms with Gasteiger partial charge in [-0.05, 0) is 24.5 Å². The number of halogens is 3. The Kier molecular flexibility index (Phi) is 8.18. The minimum absolute atomic E-state index is 0.0408. The third kappa shape index (κ3) is 8.29. The largest absolute Gasteiger partial charge is 0.394 e. The molecule has 3 N–H and O–H groups in total. The first-order valence-corrected chi connectivity index (χ1v) is 11.5. The molecule has 0 saturated carbocycles. The molecule has 0 aliphatic rings. The van der Waals surface area contributed by atoms with Gasteiger partial charge in [0, 0.05) is 18.4 Å². The quantitative estimate of drug-likeness (QED) is 0.471. The summed E-state index contributed by atoms with van der Waals surface area (Å²) in [5, 5.41) is 12.4. The molecule has 0 amide bonds. The van der Waals surface area contributed by atoms with E-state index in [1.165, 1.54) is 0 Å². The van der Waals surface area contributed by atoms with Crippen molar-refractivity contribution in [1.29, 1.82) is 0 Å². The lowest BCUT2D eigenvalue weighted by Gasteiger charge is -2.19. The molecule has 0 spiro atoms. The highest BCUT2D eigenvalue weighted by Crippen LogP contribution is 2.32. The van der Waals surface area contributed by atoms with Crippen molar-refractivity contribution in [2.75, 3.05) is 22.9 Å². The number of aromatic nitrogens is 3. The third-order valence-corrected chi connectivity index (χ3v) is 4.75. The molecule has 0 bridgehead atoms. The lowest BCUT2D eigenvalue weighted by atomic mass is 10.0. The molecule has 8 nitrogen and oxygen atoms in total. The lowest BCUT2D eigenvalue weighted by Crippen LogP contribution is -2.27. The summed E-state index contributed by atoms with van der Waals surface area (Å²) in [5.41, 5.74) is -0.354. The minimum Gasteiger partial charge on any atom is -0.394 e. The zero-order valence-electron chi connectivity index (χ0n) is 17.4. The van der Waals surface area contributed by atoms with Gasteiger partial charge < -0.3 is 10.4 Å². The van der Waals surface area contributed by atoms with Gasteiger partial charge >= 0.3 is 0 Å². The molecule has 0 saturated heterocycles. The highest BCUT2D eigenvalue weighted by atomic mass is 32.2. The SMILES string of the molecule is CC(C)C[C@H](CO)Nc1nc(CCC(F)(F)c2ccc(F)cc2)nc(NS(C)(=O)=O)n1. The summed E-state index contributed by atoms with van der Waals surface area (Å²) < 4.78 is 67.2. The second-order valence-corrected chi connectivity index (χ2v) is 9.39. The fourth-order valence-corrected chi connectivity index (χ4v) is 3.27. The highest BCUT2D eigenvalue weighted by Gasteiger charge is 2.31. The molecule has 1 aromatic carbocycles. The Labute approximate surface area is 179 Å². The molecule has 0 aliphatic heterocycles. The average Bonchev–Trinajstić information content (AvgIpc) is 2.64. The summed E-state index contributed by atoms with van der Waals surface area (Å²) in [4.78, 5) is 12.0. The van der Waals surface area contributed by atoms with Crippen molar-refractivity contribution in [3.8, 4) is 0 Å². The molecule has 172 valence electrons. The van der Waals surface area contributed by atoms with E-state index in [2.05, 4.69) is 25.0 Å². The van der Waals surface area contributed by atoms with Crippen molar-refractivity contribution in [3.05, 3.63) is 41.5 Å². The molecular formula is C19H26F3N5O3S. The van der Waals surface area contributed by atoms with Crippen molar-refractivity contribution in [2.24, 2.45) is 5.92 Å². The Morgan fingerprint density at radius 2 is 1.71 bits per heavy atom. The van der Waals surface area contributed by atoms with Crippen LogP contribution >= 0.6 is 0 Å². The van der Waals surface area contributed by atoms with Gasteiger partial charge in [-0.25, -0.2) is 21.6 Å². The van der Waals surface area contributed by atoms with Gasteiger partial charge in [0.2, 0.25) is 21.9 Å². The van der Waals surface area contributed by atoms with E-state index >= 15 is 0 Å². The predicted molar refractivity (Wildman–Crippen MR) is 111 cm³/mol. The van der Waals surface area contributed by atoms with E-state index in [4.69, 9.17) is 0 Å². The Morgan fingerprint density at radius 3 is 2.26 bits per heavy atom. The number of anilines is 2. The molecule has 2 rings (SSSR count). The van der Waals surface area contributed by atoms with E-state index in [1.54, 1.807) is 0 Å². The molecule has 12 heteroatoms. The first-order chi connectivity index (χ1) is 14.4. The zero-order valence-corrected chi connectivity index (χ0v) is 18.3. The molecule has 1 aromatic heterocycles. The van der Waals surface area contributed by atoms with Crippen LogP contribution in [0.15, 0.2) is 24.3 Å². The molecule has 0 fully saturated rings. The van der Waals surface area contributed by atoms with Gasteiger partial charge in [0.05, 0.1) is 18.9 Å². The monoisotopic (exact) mass is 461 g/mol. The molecule has 0 radical (unpaired) electrons.